The minimum atomic E-state index is -0.0883. The Balaban J connectivity index is 1.91. The number of hydrogen-bond acceptors (Lipinski definition) is 3. The van der Waals surface area contributed by atoms with E-state index in [4.69, 9.17) is 17.3 Å². The fourth-order valence-electron chi connectivity index (χ4n) is 2.04. The van der Waals surface area contributed by atoms with Crippen molar-refractivity contribution in [2.75, 3.05) is 0 Å². The number of carbonyl (C=O) groups is 1. The average molecular weight is 254 g/mol. The predicted molar refractivity (Wildman–Crippen MR) is 66.9 cm³/mol. The first-order chi connectivity index (χ1) is 8.15. The molecule has 0 aliphatic heterocycles. The molecule has 17 heavy (non-hydrogen) atoms. The van der Waals surface area contributed by atoms with Gasteiger partial charge in [-0.2, -0.15) is 0 Å². The van der Waals surface area contributed by atoms with Crippen LogP contribution in [0.5, 0.6) is 0 Å². The molecule has 1 heterocycles. The summed E-state index contributed by atoms with van der Waals surface area (Å²) >= 11 is 5.67. The Hall–Kier alpha value is -1.13. The van der Waals surface area contributed by atoms with Crippen molar-refractivity contribution in [3.05, 3.63) is 29.0 Å². The zero-order chi connectivity index (χ0) is 12.3. The van der Waals surface area contributed by atoms with E-state index in [-0.39, 0.29) is 11.9 Å². The average Bonchev–Trinajstić information content (AvgIpc) is 2.33. The van der Waals surface area contributed by atoms with Crippen LogP contribution in [0.3, 0.4) is 0 Å². The Kier molecular flexibility index (Phi) is 3.97. The molecule has 1 fully saturated rings. The van der Waals surface area contributed by atoms with Crippen LogP contribution in [-0.4, -0.2) is 23.0 Å². The van der Waals surface area contributed by atoms with Gasteiger partial charge in [0.2, 0.25) is 0 Å². The van der Waals surface area contributed by atoms with Gasteiger partial charge in [-0.05, 0) is 37.8 Å². The third-order valence-electron chi connectivity index (χ3n) is 3.10. The van der Waals surface area contributed by atoms with Crippen molar-refractivity contribution < 1.29 is 4.79 Å². The molecule has 1 aromatic heterocycles. The van der Waals surface area contributed by atoms with Crippen LogP contribution >= 0.6 is 11.6 Å². The predicted octanol–water partition coefficient (Wildman–Crippen LogP) is 1.73. The number of halogens is 1. The lowest BCUT2D eigenvalue weighted by atomic mass is 9.92. The summed E-state index contributed by atoms with van der Waals surface area (Å²) in [6.45, 7) is 0. The minimum absolute atomic E-state index is 0.0883. The lowest BCUT2D eigenvalue weighted by molar-refractivity contribution is 0.0925. The standard InChI is InChI=1S/C12H16ClN3O/c13-11-6-1-8(7-15-11)12(17)16-10-4-2-9(14)3-5-10/h1,6-7,9-10H,2-5,14H2,(H,16,17). The monoisotopic (exact) mass is 253 g/mol. The van der Waals surface area contributed by atoms with E-state index in [1.54, 1.807) is 12.1 Å². The number of nitrogens with two attached hydrogens (primary N) is 1. The van der Waals surface area contributed by atoms with Crippen molar-refractivity contribution in [2.24, 2.45) is 5.73 Å². The van der Waals surface area contributed by atoms with Gasteiger partial charge in [0.25, 0.3) is 5.91 Å². The number of rotatable bonds is 2. The van der Waals surface area contributed by atoms with E-state index in [0.717, 1.165) is 25.7 Å². The topological polar surface area (TPSA) is 68.0 Å². The quantitative estimate of drug-likeness (QED) is 0.789. The largest absolute Gasteiger partial charge is 0.349 e. The zero-order valence-electron chi connectivity index (χ0n) is 9.53. The molecular weight excluding hydrogens is 238 g/mol. The zero-order valence-corrected chi connectivity index (χ0v) is 10.3. The molecule has 2 rings (SSSR count). The third kappa shape index (κ3) is 3.41. The molecular formula is C12H16ClN3O. The van der Waals surface area contributed by atoms with Gasteiger partial charge in [-0.25, -0.2) is 4.98 Å². The highest BCUT2D eigenvalue weighted by atomic mass is 35.5. The van der Waals surface area contributed by atoms with Crippen LogP contribution in [0.4, 0.5) is 0 Å². The molecule has 3 N–H and O–H groups in total. The molecule has 1 amide bonds. The van der Waals surface area contributed by atoms with Gasteiger partial charge in [-0.15, -0.1) is 0 Å². The molecule has 0 aromatic carbocycles. The van der Waals surface area contributed by atoms with E-state index >= 15 is 0 Å². The summed E-state index contributed by atoms with van der Waals surface area (Å²) in [7, 11) is 0. The van der Waals surface area contributed by atoms with Gasteiger partial charge in [0.15, 0.2) is 0 Å². The second-order valence-electron chi connectivity index (χ2n) is 4.45. The van der Waals surface area contributed by atoms with Gasteiger partial charge < -0.3 is 11.1 Å². The Morgan fingerprint density at radius 3 is 2.65 bits per heavy atom. The minimum Gasteiger partial charge on any atom is -0.349 e. The van der Waals surface area contributed by atoms with Gasteiger partial charge in [0.05, 0.1) is 5.56 Å². The second kappa shape index (κ2) is 5.47. The SMILES string of the molecule is NC1CCC(NC(=O)c2ccc(Cl)nc2)CC1. The molecule has 1 aromatic rings. The maximum absolute atomic E-state index is 11.9. The fourth-order valence-corrected chi connectivity index (χ4v) is 2.15. The summed E-state index contributed by atoms with van der Waals surface area (Å²) < 4.78 is 0. The van der Waals surface area contributed by atoms with Crippen molar-refractivity contribution in [1.29, 1.82) is 0 Å². The Labute approximate surface area is 106 Å². The number of amides is 1. The van der Waals surface area contributed by atoms with Crippen LogP contribution in [0.25, 0.3) is 0 Å². The van der Waals surface area contributed by atoms with Crippen LogP contribution in [0.1, 0.15) is 36.0 Å². The summed E-state index contributed by atoms with van der Waals surface area (Å²) in [6.07, 6.45) is 5.35. The lowest BCUT2D eigenvalue weighted by Gasteiger charge is -2.26. The molecule has 0 saturated heterocycles. The first-order valence-corrected chi connectivity index (χ1v) is 6.21. The molecule has 1 saturated carbocycles. The van der Waals surface area contributed by atoms with Crippen LogP contribution < -0.4 is 11.1 Å². The Morgan fingerprint density at radius 1 is 1.35 bits per heavy atom. The fraction of sp³-hybridized carbons (Fsp3) is 0.500. The van der Waals surface area contributed by atoms with E-state index in [9.17, 15) is 4.79 Å². The molecule has 4 nitrogen and oxygen atoms in total. The van der Waals surface area contributed by atoms with Gasteiger partial charge in [0, 0.05) is 18.3 Å². The highest BCUT2D eigenvalue weighted by Crippen LogP contribution is 2.17. The lowest BCUT2D eigenvalue weighted by Crippen LogP contribution is -2.40. The molecule has 92 valence electrons. The van der Waals surface area contributed by atoms with Crippen molar-refractivity contribution in [3.8, 4) is 0 Å². The van der Waals surface area contributed by atoms with Crippen molar-refractivity contribution in [2.45, 2.75) is 37.8 Å². The van der Waals surface area contributed by atoms with E-state index in [0.29, 0.717) is 16.8 Å². The molecule has 0 bridgehead atoms. The van der Waals surface area contributed by atoms with E-state index < -0.39 is 0 Å². The van der Waals surface area contributed by atoms with Gasteiger partial charge in [-0.1, -0.05) is 11.6 Å². The van der Waals surface area contributed by atoms with Crippen molar-refractivity contribution >= 4 is 17.5 Å². The summed E-state index contributed by atoms with van der Waals surface area (Å²) in [5.41, 5.74) is 6.36. The van der Waals surface area contributed by atoms with Crippen LogP contribution in [0.2, 0.25) is 5.15 Å². The Morgan fingerprint density at radius 2 is 2.06 bits per heavy atom. The molecule has 0 spiro atoms. The highest BCUT2D eigenvalue weighted by molar-refractivity contribution is 6.29. The van der Waals surface area contributed by atoms with E-state index in [1.165, 1.54) is 6.20 Å². The van der Waals surface area contributed by atoms with Gasteiger partial charge in [0.1, 0.15) is 5.15 Å². The van der Waals surface area contributed by atoms with Gasteiger partial charge in [-0.3, -0.25) is 4.79 Å². The number of hydrogen-bond donors (Lipinski definition) is 2. The number of nitrogens with one attached hydrogen (secondary N) is 1. The Bertz CT molecular complexity index is 385. The van der Waals surface area contributed by atoms with Crippen molar-refractivity contribution in [3.63, 3.8) is 0 Å². The smallest absolute Gasteiger partial charge is 0.253 e. The van der Waals surface area contributed by atoms with E-state index in [2.05, 4.69) is 10.3 Å². The molecule has 0 unspecified atom stereocenters. The number of pyridine rings is 1. The van der Waals surface area contributed by atoms with Gasteiger partial charge >= 0.3 is 0 Å². The molecule has 1 aliphatic rings. The van der Waals surface area contributed by atoms with Crippen LogP contribution in [-0.2, 0) is 0 Å². The molecule has 5 heteroatoms. The molecule has 0 radical (unpaired) electrons. The van der Waals surface area contributed by atoms with Crippen molar-refractivity contribution in [1.82, 2.24) is 10.3 Å². The van der Waals surface area contributed by atoms with E-state index in [1.807, 2.05) is 0 Å². The first kappa shape index (κ1) is 12.3. The maximum Gasteiger partial charge on any atom is 0.253 e. The first-order valence-electron chi connectivity index (χ1n) is 5.83. The normalized spacial score (nSPS) is 24.4. The number of aromatic nitrogens is 1. The number of carbonyl (C=O) groups excluding carboxylic acids is 1. The molecule has 1 aliphatic carbocycles. The summed E-state index contributed by atoms with van der Waals surface area (Å²) in [5.74, 6) is -0.0883. The third-order valence-corrected chi connectivity index (χ3v) is 3.32. The van der Waals surface area contributed by atoms with Crippen LogP contribution in [0, 0.1) is 0 Å². The van der Waals surface area contributed by atoms with Crippen LogP contribution in [0.15, 0.2) is 18.3 Å². The molecule has 0 atom stereocenters. The highest BCUT2D eigenvalue weighted by Gasteiger charge is 2.20. The number of nitrogens with zero attached hydrogens (tertiary/aromatic N) is 1. The summed E-state index contributed by atoms with van der Waals surface area (Å²) in [4.78, 5) is 15.8. The second-order valence-corrected chi connectivity index (χ2v) is 4.84. The summed E-state index contributed by atoms with van der Waals surface area (Å²) in [5, 5.41) is 3.39. The summed E-state index contributed by atoms with van der Waals surface area (Å²) in [6, 6.07) is 3.82. The maximum atomic E-state index is 11.9.